The van der Waals surface area contributed by atoms with Gasteiger partial charge in [-0.05, 0) is 54.7 Å². The SMILES string of the molecule is Cc1ccc(COc2ccc([C@@H]3Nc4c(Cl)ccc(Cl)c4[C@@H]4C=CC[C@@H]43)cc2)cc1. The third-order valence-electron chi connectivity index (χ3n) is 6.18. The van der Waals surface area contributed by atoms with Crippen molar-refractivity contribution in [3.8, 4) is 5.75 Å². The predicted molar refractivity (Wildman–Crippen MR) is 125 cm³/mol. The van der Waals surface area contributed by atoms with Gasteiger partial charge in [0.05, 0.1) is 16.8 Å². The molecule has 1 heterocycles. The lowest BCUT2D eigenvalue weighted by Gasteiger charge is -2.38. The van der Waals surface area contributed by atoms with E-state index in [4.69, 9.17) is 27.9 Å². The van der Waals surface area contributed by atoms with Gasteiger partial charge < -0.3 is 10.1 Å². The zero-order valence-corrected chi connectivity index (χ0v) is 18.3. The first-order chi connectivity index (χ1) is 14.6. The molecule has 0 amide bonds. The van der Waals surface area contributed by atoms with Crippen LogP contribution in [0.2, 0.25) is 10.0 Å². The standard InChI is InChI=1S/C26H23Cl2NO/c1-16-5-7-17(8-6-16)15-30-19-11-9-18(10-12-19)25-21-4-2-3-20(21)24-22(27)13-14-23(28)26(24)29-25/h2-3,5-14,20-21,25,29H,4,15H2,1H3/t20-,21+,25+/m1/s1. The maximum absolute atomic E-state index is 6.54. The third kappa shape index (κ3) is 3.59. The van der Waals surface area contributed by atoms with Gasteiger partial charge in [-0.2, -0.15) is 0 Å². The van der Waals surface area contributed by atoms with E-state index in [1.54, 1.807) is 0 Å². The molecule has 1 aliphatic carbocycles. The predicted octanol–water partition coefficient (Wildman–Crippen LogP) is 7.71. The number of benzene rings is 3. The summed E-state index contributed by atoms with van der Waals surface area (Å²) in [6.07, 6.45) is 5.56. The van der Waals surface area contributed by atoms with E-state index in [-0.39, 0.29) is 12.0 Å². The van der Waals surface area contributed by atoms with Gasteiger partial charge in [-0.1, -0.05) is 77.3 Å². The molecule has 0 spiro atoms. The first-order valence-corrected chi connectivity index (χ1v) is 11.0. The van der Waals surface area contributed by atoms with Gasteiger partial charge in [-0.3, -0.25) is 0 Å². The number of hydrogen-bond acceptors (Lipinski definition) is 2. The van der Waals surface area contributed by atoms with Crippen molar-refractivity contribution in [3.63, 3.8) is 0 Å². The van der Waals surface area contributed by atoms with Gasteiger partial charge >= 0.3 is 0 Å². The average Bonchev–Trinajstić information content (AvgIpc) is 3.25. The van der Waals surface area contributed by atoms with Crippen molar-refractivity contribution < 1.29 is 4.74 Å². The fraction of sp³-hybridized carbons (Fsp3) is 0.231. The maximum Gasteiger partial charge on any atom is 0.119 e. The first kappa shape index (κ1) is 19.5. The molecule has 2 nitrogen and oxygen atoms in total. The minimum Gasteiger partial charge on any atom is -0.489 e. The van der Waals surface area contributed by atoms with Gasteiger partial charge in [0.2, 0.25) is 0 Å². The number of nitrogens with one attached hydrogen (secondary N) is 1. The van der Waals surface area contributed by atoms with Gasteiger partial charge in [-0.25, -0.2) is 0 Å². The zero-order valence-electron chi connectivity index (χ0n) is 16.7. The highest BCUT2D eigenvalue weighted by atomic mass is 35.5. The van der Waals surface area contributed by atoms with Crippen LogP contribution in [0, 0.1) is 12.8 Å². The van der Waals surface area contributed by atoms with Crippen LogP contribution in [-0.4, -0.2) is 0 Å². The van der Waals surface area contributed by atoms with Crippen LogP contribution in [0.3, 0.4) is 0 Å². The lowest BCUT2D eigenvalue weighted by Crippen LogP contribution is -2.29. The van der Waals surface area contributed by atoms with Crippen molar-refractivity contribution in [3.05, 3.63) is 105 Å². The van der Waals surface area contributed by atoms with Crippen LogP contribution in [0.15, 0.2) is 72.8 Å². The van der Waals surface area contributed by atoms with Crippen LogP contribution >= 0.6 is 23.2 Å². The zero-order chi connectivity index (χ0) is 20.7. The molecule has 3 atom stereocenters. The molecule has 4 heteroatoms. The van der Waals surface area contributed by atoms with Crippen LogP contribution in [0.1, 0.15) is 40.6 Å². The molecule has 0 saturated heterocycles. The van der Waals surface area contributed by atoms with E-state index >= 15 is 0 Å². The summed E-state index contributed by atoms with van der Waals surface area (Å²) in [5.74, 6) is 1.58. The van der Waals surface area contributed by atoms with E-state index in [0.29, 0.717) is 12.5 Å². The second kappa shape index (κ2) is 8.02. The van der Waals surface area contributed by atoms with Gasteiger partial charge in [0, 0.05) is 16.5 Å². The summed E-state index contributed by atoms with van der Waals surface area (Å²) in [5, 5.41) is 5.18. The van der Waals surface area contributed by atoms with E-state index in [2.05, 4.69) is 72.9 Å². The Morgan fingerprint density at radius 3 is 2.43 bits per heavy atom. The fourth-order valence-electron chi connectivity index (χ4n) is 4.58. The van der Waals surface area contributed by atoms with Crippen LogP contribution in [-0.2, 0) is 6.61 Å². The van der Waals surface area contributed by atoms with Crippen LogP contribution in [0.25, 0.3) is 0 Å². The second-order valence-corrected chi connectivity index (χ2v) is 8.95. The van der Waals surface area contributed by atoms with E-state index in [0.717, 1.165) is 33.5 Å². The van der Waals surface area contributed by atoms with E-state index < -0.39 is 0 Å². The van der Waals surface area contributed by atoms with Gasteiger partial charge in [0.25, 0.3) is 0 Å². The molecule has 0 fully saturated rings. The number of hydrogen-bond donors (Lipinski definition) is 1. The molecule has 30 heavy (non-hydrogen) atoms. The number of allylic oxidation sites excluding steroid dienone is 2. The van der Waals surface area contributed by atoms with Crippen molar-refractivity contribution in [1.82, 2.24) is 0 Å². The van der Waals surface area contributed by atoms with E-state index in [9.17, 15) is 0 Å². The Morgan fingerprint density at radius 1 is 0.933 bits per heavy atom. The Bertz CT molecular complexity index is 1090. The summed E-state index contributed by atoms with van der Waals surface area (Å²) in [6.45, 7) is 2.66. The monoisotopic (exact) mass is 435 g/mol. The smallest absolute Gasteiger partial charge is 0.119 e. The largest absolute Gasteiger partial charge is 0.489 e. The Hall–Kier alpha value is -2.42. The Labute approximate surface area is 187 Å². The third-order valence-corrected chi connectivity index (χ3v) is 6.83. The molecule has 0 unspecified atom stereocenters. The topological polar surface area (TPSA) is 21.3 Å². The van der Waals surface area contributed by atoms with Crippen LogP contribution < -0.4 is 10.1 Å². The summed E-state index contributed by atoms with van der Waals surface area (Å²) in [6, 6.07) is 20.8. The minimum atomic E-state index is 0.180. The van der Waals surface area contributed by atoms with Gasteiger partial charge in [0.15, 0.2) is 0 Å². The van der Waals surface area contributed by atoms with Crippen molar-refractivity contribution in [2.75, 3.05) is 5.32 Å². The first-order valence-electron chi connectivity index (χ1n) is 10.3. The van der Waals surface area contributed by atoms with Crippen molar-refractivity contribution in [2.24, 2.45) is 5.92 Å². The number of fused-ring (bicyclic) bond motifs is 3. The van der Waals surface area contributed by atoms with Crippen LogP contribution in [0.4, 0.5) is 5.69 Å². The summed E-state index contributed by atoms with van der Waals surface area (Å²) in [4.78, 5) is 0. The van der Waals surface area contributed by atoms with Crippen LogP contribution in [0.5, 0.6) is 5.75 Å². The second-order valence-electron chi connectivity index (χ2n) is 8.14. The molecule has 3 aromatic rings. The molecule has 5 rings (SSSR count). The van der Waals surface area contributed by atoms with Gasteiger partial charge in [-0.15, -0.1) is 0 Å². The van der Waals surface area contributed by atoms with Gasteiger partial charge in [0.1, 0.15) is 12.4 Å². The van der Waals surface area contributed by atoms with Crippen molar-refractivity contribution in [1.29, 1.82) is 0 Å². The van der Waals surface area contributed by atoms with Crippen molar-refractivity contribution in [2.45, 2.75) is 31.9 Å². The molecular weight excluding hydrogens is 413 g/mol. The summed E-state index contributed by atoms with van der Waals surface area (Å²) in [7, 11) is 0. The molecule has 1 N–H and O–H groups in total. The van der Waals surface area contributed by atoms with E-state index in [1.165, 1.54) is 16.7 Å². The summed E-state index contributed by atoms with van der Waals surface area (Å²) >= 11 is 13.1. The van der Waals surface area contributed by atoms with Crippen molar-refractivity contribution >= 4 is 28.9 Å². The minimum absolute atomic E-state index is 0.180. The highest BCUT2D eigenvalue weighted by Gasteiger charge is 2.39. The Kier molecular flexibility index (Phi) is 5.22. The number of rotatable bonds is 4. The van der Waals surface area contributed by atoms with E-state index in [1.807, 2.05) is 12.1 Å². The number of aryl methyl sites for hydroxylation is 1. The Morgan fingerprint density at radius 2 is 1.67 bits per heavy atom. The quantitative estimate of drug-likeness (QED) is 0.423. The number of ether oxygens (including phenoxy) is 1. The average molecular weight is 436 g/mol. The highest BCUT2D eigenvalue weighted by molar-refractivity contribution is 6.36. The number of anilines is 1. The summed E-state index contributed by atoms with van der Waals surface area (Å²) < 4.78 is 5.98. The highest BCUT2D eigenvalue weighted by Crippen LogP contribution is 2.53. The maximum atomic E-state index is 6.54. The summed E-state index contributed by atoms with van der Waals surface area (Å²) in [5.41, 5.74) is 5.74. The molecule has 0 radical (unpaired) electrons. The molecule has 1 aliphatic heterocycles. The fourth-order valence-corrected chi connectivity index (χ4v) is 5.08. The lowest BCUT2D eigenvalue weighted by atomic mass is 9.77. The lowest BCUT2D eigenvalue weighted by molar-refractivity contribution is 0.306. The molecule has 0 bridgehead atoms. The number of halogens is 2. The Balaban J connectivity index is 1.36. The molecule has 2 aliphatic rings. The molecule has 3 aromatic carbocycles. The molecule has 0 aromatic heterocycles. The molecule has 0 saturated carbocycles. The normalized spacial score (nSPS) is 21.6. The molecular formula is C26H23Cl2NO. The molecule has 152 valence electrons.